The maximum atomic E-state index is 15.5. The van der Waals surface area contributed by atoms with E-state index < -0.39 is 106 Å². The summed E-state index contributed by atoms with van der Waals surface area (Å²) in [6.07, 6.45) is -1.64. The van der Waals surface area contributed by atoms with Gasteiger partial charge in [-0.3, -0.25) is 14.6 Å². The maximum absolute atomic E-state index is 15.5. The van der Waals surface area contributed by atoms with Crippen LogP contribution in [0.4, 0.5) is 4.79 Å². The van der Waals surface area contributed by atoms with Gasteiger partial charge in [-0.1, -0.05) is 54.8 Å². The number of Topliss-reactive ketones (excluding diaryl/α,β-unsaturated/α-hetero) is 2. The zero-order valence-corrected chi connectivity index (χ0v) is 42.0. The molecule has 0 saturated carbocycles. The van der Waals surface area contributed by atoms with Gasteiger partial charge in [-0.05, 0) is 61.4 Å². The molecule has 21 heteroatoms. The number of hydrogen-bond acceptors (Lipinski definition) is 17. The maximum Gasteiger partial charge on any atom is 0.407 e. The third-order valence-electron chi connectivity index (χ3n) is 12.4. The molecule has 4 heterocycles. The Morgan fingerprint density at radius 2 is 1.91 bits per heavy atom. The van der Waals surface area contributed by atoms with Crippen molar-refractivity contribution < 1.29 is 67.7 Å². The summed E-state index contributed by atoms with van der Waals surface area (Å²) in [6, 6.07) is 5.19. The van der Waals surface area contributed by atoms with Gasteiger partial charge >= 0.3 is 12.1 Å². The van der Waals surface area contributed by atoms with Gasteiger partial charge in [-0.15, -0.1) is 21.2 Å². The number of allylic oxidation sites excluding steroid dienone is 2. The number of methoxy groups -OCH3 is 2. The first-order valence-electron chi connectivity index (χ1n) is 22.4. The molecule has 2 aromatic heterocycles. The second-order valence-corrected chi connectivity index (χ2v) is 21.5. The van der Waals surface area contributed by atoms with E-state index in [4.69, 9.17) is 44.3 Å². The van der Waals surface area contributed by atoms with Crippen molar-refractivity contribution in [1.29, 1.82) is 0 Å². The number of amides is 1. The predicted molar refractivity (Wildman–Crippen MR) is 265 cm³/mol. The molecule has 0 spiro atoms. The predicted octanol–water partition coefficient (Wildman–Crippen LogP) is 3.04. The average molecular weight is 1020 g/mol. The Bertz CT molecular complexity index is 2750. The minimum Gasteiger partial charge on any atom is -0.482 e. The molecule has 2 aliphatic heterocycles. The summed E-state index contributed by atoms with van der Waals surface area (Å²) < 4.78 is 41.1. The number of ketones is 2. The number of carboxylic acids is 1. The minimum absolute atomic E-state index is 0.0188. The highest BCUT2D eigenvalue weighted by molar-refractivity contribution is 8.28. The number of aliphatic carboxylic acids is 1. The Hall–Kier alpha value is -5.01. The zero-order valence-electron chi connectivity index (χ0n) is 39.5. The normalized spacial score (nSPS) is 30.4. The van der Waals surface area contributed by atoms with E-state index in [0.717, 1.165) is 18.9 Å². The lowest BCUT2D eigenvalue weighted by molar-refractivity contribution is -0.322. The molecule has 18 nitrogen and oxygen atoms in total. The van der Waals surface area contributed by atoms with E-state index in [9.17, 15) is 29.7 Å². The van der Waals surface area contributed by atoms with Crippen LogP contribution in [0.15, 0.2) is 65.4 Å². The standard InChI is InChI=1S/C49H56N4O14S3/c1-25(2)51-33-23-64-39(22-37(33)61-4)67-44-46(59)49(69-6,45(58)43-42-28(16-18-50-43)31-20-27(63-24-38(56)57)14-15-32(31)52-42)26(3)65-47(44)66-36-13-11-9-8-10-12-30-40(36)29(17-19-70(7)68)34(54)21-35(55)41(30)53-48(60)62-5/h8-9,14-18,20,25-26,33-34,36-37,39,41,44,46-47,51-52,54,59H,19,21-24H2,1-7H3,(H,53,60)(H,56,57)/b9-8-,29-17-/t26?,33?,34-,36-,37?,39?,41?,44?,46?,47?,49?,70?/m0/s1. The monoisotopic (exact) mass is 1020 g/mol. The van der Waals surface area contributed by atoms with E-state index in [1.807, 2.05) is 20.1 Å². The van der Waals surface area contributed by atoms with Crippen molar-refractivity contribution in [2.75, 3.05) is 45.7 Å². The van der Waals surface area contributed by atoms with Gasteiger partial charge in [0.2, 0.25) is 5.78 Å². The number of carboxylic acid groups (broad SMARTS) is 1. The minimum atomic E-state index is -1.83. The van der Waals surface area contributed by atoms with Gasteiger partial charge in [-0.25, -0.2) is 9.59 Å². The fourth-order valence-electron chi connectivity index (χ4n) is 9.13. The number of rotatable bonds is 16. The molecule has 0 bridgehead atoms. The highest BCUT2D eigenvalue weighted by atomic mass is 32.8. The summed E-state index contributed by atoms with van der Waals surface area (Å²) in [5.74, 6) is 10.2. The smallest absolute Gasteiger partial charge is 0.407 e. The van der Waals surface area contributed by atoms with Crippen LogP contribution in [0, 0.1) is 23.7 Å². The Kier molecular flexibility index (Phi) is 17.4. The number of carbonyl (C=O) groups is 4. The zero-order chi connectivity index (χ0) is 50.4. The molecule has 2 saturated heterocycles. The van der Waals surface area contributed by atoms with Gasteiger partial charge in [0, 0.05) is 65.4 Å². The highest BCUT2D eigenvalue weighted by Crippen LogP contribution is 2.46. The summed E-state index contributed by atoms with van der Waals surface area (Å²) >= 11 is 6.58. The van der Waals surface area contributed by atoms with Gasteiger partial charge in [0.15, 0.2) is 25.0 Å². The summed E-state index contributed by atoms with van der Waals surface area (Å²) in [5.41, 5.74) is 1.42. The number of ether oxygens (including phenoxy) is 7. The number of aromatic nitrogens is 2. The summed E-state index contributed by atoms with van der Waals surface area (Å²) in [5, 5.41) is 41.3. The summed E-state index contributed by atoms with van der Waals surface area (Å²) in [7, 11) is 2.15. The number of H-pyrrole nitrogens is 1. The molecule has 70 heavy (non-hydrogen) atoms. The first-order valence-corrected chi connectivity index (χ1v) is 26.3. The number of aromatic amines is 1. The van der Waals surface area contributed by atoms with Crippen LogP contribution in [0.2, 0.25) is 0 Å². The van der Waals surface area contributed by atoms with Gasteiger partial charge < -0.3 is 64.1 Å². The van der Waals surface area contributed by atoms with Crippen LogP contribution in [0.5, 0.6) is 5.75 Å². The lowest BCUT2D eigenvalue weighted by Gasteiger charge is -2.51. The van der Waals surface area contributed by atoms with Crippen LogP contribution in [-0.4, -0.2) is 167 Å². The number of nitrogens with one attached hydrogen (secondary N) is 3. The molecule has 12 atom stereocenters. The second kappa shape index (κ2) is 23.0. The molecule has 10 unspecified atom stereocenters. The third-order valence-corrected chi connectivity index (χ3v) is 14.9. The third kappa shape index (κ3) is 11.2. The number of thioether (sulfide) groups is 1. The number of pyridine rings is 1. The summed E-state index contributed by atoms with van der Waals surface area (Å²) in [4.78, 5) is 61.3. The number of fused-ring (bicyclic) bond motifs is 3. The van der Waals surface area contributed by atoms with E-state index in [2.05, 4.69) is 44.3 Å². The molecule has 6 N–H and O–H groups in total. The van der Waals surface area contributed by atoms with Crippen molar-refractivity contribution in [1.82, 2.24) is 20.6 Å². The number of benzene rings is 1. The van der Waals surface area contributed by atoms with Crippen LogP contribution in [0.3, 0.4) is 0 Å². The molecule has 1 aromatic carbocycles. The van der Waals surface area contributed by atoms with Crippen LogP contribution < -0.4 is 15.4 Å². The second-order valence-electron chi connectivity index (χ2n) is 17.2. The Morgan fingerprint density at radius 3 is 2.61 bits per heavy atom. The van der Waals surface area contributed by atoms with Crippen LogP contribution in [0.1, 0.15) is 44.1 Å². The summed E-state index contributed by atoms with van der Waals surface area (Å²) in [6.45, 7) is 5.25. The van der Waals surface area contributed by atoms with Gasteiger partial charge in [-0.2, -0.15) is 0 Å². The lowest BCUT2D eigenvalue weighted by atomic mass is 9.83. The van der Waals surface area contributed by atoms with E-state index >= 15 is 4.79 Å². The number of aliphatic hydroxyl groups is 2. The van der Waals surface area contributed by atoms with E-state index in [-0.39, 0.29) is 47.5 Å². The van der Waals surface area contributed by atoms with Crippen molar-refractivity contribution in [3.8, 4) is 29.4 Å². The number of alkyl carbamates (subject to hydrolysis) is 1. The molecule has 374 valence electrons. The van der Waals surface area contributed by atoms with Gasteiger partial charge in [0.1, 0.15) is 40.5 Å². The van der Waals surface area contributed by atoms with Crippen LogP contribution in [0.25, 0.3) is 21.8 Å². The van der Waals surface area contributed by atoms with Crippen molar-refractivity contribution >= 4 is 77.8 Å². The number of hydrogen-bond donors (Lipinski definition) is 6. The molecular formula is C49H56N4O14S3. The number of aliphatic hydroxyl groups excluding tert-OH is 2. The van der Waals surface area contributed by atoms with E-state index in [1.54, 1.807) is 50.6 Å². The quantitative estimate of drug-likeness (QED) is 0.0892. The van der Waals surface area contributed by atoms with Crippen molar-refractivity contribution in [3.63, 3.8) is 0 Å². The van der Waals surface area contributed by atoms with E-state index in [1.165, 1.54) is 18.3 Å². The molecule has 7 rings (SSSR count). The van der Waals surface area contributed by atoms with Crippen molar-refractivity contribution in [2.24, 2.45) is 0 Å². The first-order chi connectivity index (χ1) is 33.5. The van der Waals surface area contributed by atoms with Gasteiger partial charge in [0.25, 0.3) is 0 Å². The highest BCUT2D eigenvalue weighted by Gasteiger charge is 2.61. The molecule has 1 amide bonds. The lowest BCUT2D eigenvalue weighted by Crippen LogP contribution is -2.68. The molecule has 0 radical (unpaired) electrons. The first kappa shape index (κ1) is 52.8. The Morgan fingerprint density at radius 1 is 1.14 bits per heavy atom. The molecule has 4 aliphatic rings. The topological polar surface area (TPSA) is 246 Å². The van der Waals surface area contributed by atoms with E-state index in [0.29, 0.717) is 33.3 Å². The number of nitrogens with zero attached hydrogens (tertiary/aromatic N) is 1. The van der Waals surface area contributed by atoms with Crippen molar-refractivity contribution in [2.45, 2.75) is 106 Å². The van der Waals surface area contributed by atoms with Gasteiger partial charge in [0.05, 0.1) is 43.6 Å². The molecule has 2 aliphatic carbocycles. The molecule has 3 aromatic rings. The van der Waals surface area contributed by atoms with Crippen LogP contribution in [-0.2, 0) is 58.7 Å². The SMILES string of the molecule is COC(=O)NC1C(=O)C[C@H](O)/C(=C/CS(C)=S)C2=C1C#C/C=C\C#C[C@@H]2OC1OC(C)C(SC)(C(=O)c2nccc3c2[nH]c2ccc(OCC(=O)O)cc23)C(O)C1OC1CC(OC)C(NC(C)C)CO1. The largest absolute Gasteiger partial charge is 0.482 e. The molecule has 2 fully saturated rings. The number of carbonyl (C=O) groups excluding carboxylic acids is 3. The van der Waals surface area contributed by atoms with Crippen molar-refractivity contribution in [3.05, 3.63) is 71.1 Å². The average Bonchev–Trinajstić information content (AvgIpc) is 3.70. The fraction of sp³-hybridized carbons (Fsp3) is 0.490. The Balaban J connectivity index is 1.35. The fourth-order valence-corrected chi connectivity index (χ4v) is 10.8. The Labute approximate surface area is 416 Å². The van der Waals surface area contributed by atoms with Crippen LogP contribution >= 0.6 is 11.8 Å². The molecular weight excluding hydrogens is 965 g/mol.